The molecule has 1 unspecified atom stereocenters. The summed E-state index contributed by atoms with van der Waals surface area (Å²) in [5.74, 6) is -0.534. The molecule has 1 fully saturated rings. The lowest BCUT2D eigenvalue weighted by Gasteiger charge is -2.21. The molecule has 0 N–H and O–H groups in total. The maximum Gasteiger partial charge on any atom is 0.168 e. The third kappa shape index (κ3) is 2.86. The lowest BCUT2D eigenvalue weighted by atomic mass is 10.0. The van der Waals surface area contributed by atoms with E-state index in [2.05, 4.69) is 0 Å². The molecule has 1 aliphatic heterocycles. The number of carbonyl (C=O) groups is 1. The van der Waals surface area contributed by atoms with Crippen molar-refractivity contribution in [3.8, 4) is 5.75 Å². The van der Waals surface area contributed by atoms with Crippen molar-refractivity contribution in [3.05, 3.63) is 29.6 Å². The molecule has 0 saturated carbocycles. The number of hydrogen-bond acceptors (Lipinski definition) is 4. The molecule has 98 valence electrons. The zero-order chi connectivity index (χ0) is 13.0. The van der Waals surface area contributed by atoms with Gasteiger partial charge in [-0.15, -0.1) is 0 Å². The van der Waals surface area contributed by atoms with Crippen molar-refractivity contribution < 1.29 is 23.4 Å². The third-order valence-electron chi connectivity index (χ3n) is 2.80. The van der Waals surface area contributed by atoms with Crippen LogP contribution in [-0.4, -0.2) is 38.8 Å². The quantitative estimate of drug-likeness (QED) is 0.814. The van der Waals surface area contributed by atoms with Crippen LogP contribution in [0, 0.1) is 5.82 Å². The van der Waals surface area contributed by atoms with Crippen LogP contribution in [-0.2, 0) is 20.7 Å². The Morgan fingerprint density at radius 2 is 2.33 bits per heavy atom. The summed E-state index contributed by atoms with van der Waals surface area (Å²) in [4.78, 5) is 11.9. The summed E-state index contributed by atoms with van der Waals surface area (Å²) in [5.41, 5.74) is 0.313. The van der Waals surface area contributed by atoms with Gasteiger partial charge in [-0.3, -0.25) is 4.79 Å². The average Bonchev–Trinajstić information content (AvgIpc) is 2.42. The summed E-state index contributed by atoms with van der Waals surface area (Å²) in [7, 11) is 1.39. The lowest BCUT2D eigenvalue weighted by molar-refractivity contribution is -0.144. The van der Waals surface area contributed by atoms with Crippen LogP contribution < -0.4 is 4.74 Å². The first kappa shape index (κ1) is 13.0. The molecule has 0 spiro atoms. The molecule has 1 saturated heterocycles. The second kappa shape index (κ2) is 5.93. The fourth-order valence-electron chi connectivity index (χ4n) is 1.83. The van der Waals surface area contributed by atoms with Crippen LogP contribution >= 0.6 is 0 Å². The number of methoxy groups -OCH3 is 1. The Kier molecular flexibility index (Phi) is 4.28. The van der Waals surface area contributed by atoms with Gasteiger partial charge >= 0.3 is 0 Å². The first-order valence-electron chi connectivity index (χ1n) is 5.76. The molecule has 0 radical (unpaired) electrons. The number of benzene rings is 1. The van der Waals surface area contributed by atoms with Gasteiger partial charge in [-0.05, 0) is 11.6 Å². The van der Waals surface area contributed by atoms with Gasteiger partial charge in [0, 0.05) is 6.42 Å². The van der Waals surface area contributed by atoms with E-state index in [1.807, 2.05) is 0 Å². The Bertz CT molecular complexity index is 427. The molecule has 18 heavy (non-hydrogen) atoms. The van der Waals surface area contributed by atoms with Crippen molar-refractivity contribution in [1.82, 2.24) is 0 Å². The standard InChI is InChI=1S/C13H15FO4/c1-16-11-4-2-3-9(13(11)14)7-10(15)12-8-17-5-6-18-12/h2-4,12H,5-8H2,1H3. The minimum Gasteiger partial charge on any atom is -0.494 e. The Morgan fingerprint density at radius 1 is 1.50 bits per heavy atom. The van der Waals surface area contributed by atoms with Gasteiger partial charge in [-0.1, -0.05) is 12.1 Å². The Morgan fingerprint density at radius 3 is 3.00 bits per heavy atom. The number of carbonyl (C=O) groups excluding carboxylic acids is 1. The normalized spacial score (nSPS) is 19.6. The molecule has 1 aromatic carbocycles. The maximum atomic E-state index is 13.9. The third-order valence-corrected chi connectivity index (χ3v) is 2.80. The van der Waals surface area contributed by atoms with Crippen LogP contribution in [0.2, 0.25) is 0 Å². The van der Waals surface area contributed by atoms with E-state index in [4.69, 9.17) is 14.2 Å². The van der Waals surface area contributed by atoms with Crippen molar-refractivity contribution in [2.24, 2.45) is 0 Å². The summed E-state index contributed by atoms with van der Waals surface area (Å²) >= 11 is 0. The first-order chi connectivity index (χ1) is 8.72. The van der Waals surface area contributed by atoms with Crippen molar-refractivity contribution in [2.45, 2.75) is 12.5 Å². The predicted octanol–water partition coefficient (Wildman–Crippen LogP) is 1.36. The topological polar surface area (TPSA) is 44.8 Å². The molecule has 1 aromatic rings. The minimum absolute atomic E-state index is 0.0168. The van der Waals surface area contributed by atoms with E-state index in [-0.39, 0.29) is 24.6 Å². The molecule has 0 bridgehead atoms. The van der Waals surface area contributed by atoms with Gasteiger partial charge in [0.1, 0.15) is 6.10 Å². The molecule has 1 heterocycles. The van der Waals surface area contributed by atoms with Crippen LogP contribution in [0.15, 0.2) is 18.2 Å². The van der Waals surface area contributed by atoms with Crippen molar-refractivity contribution in [1.29, 1.82) is 0 Å². The molecule has 5 heteroatoms. The molecule has 0 aliphatic carbocycles. The van der Waals surface area contributed by atoms with Crippen molar-refractivity contribution in [3.63, 3.8) is 0 Å². The smallest absolute Gasteiger partial charge is 0.168 e. The van der Waals surface area contributed by atoms with Crippen LogP contribution in [0.25, 0.3) is 0 Å². The van der Waals surface area contributed by atoms with Crippen LogP contribution in [0.4, 0.5) is 4.39 Å². The van der Waals surface area contributed by atoms with E-state index >= 15 is 0 Å². The molecule has 2 rings (SSSR count). The fraction of sp³-hybridized carbons (Fsp3) is 0.462. The van der Waals surface area contributed by atoms with E-state index in [0.717, 1.165) is 0 Å². The largest absolute Gasteiger partial charge is 0.494 e. The molecular weight excluding hydrogens is 239 g/mol. The molecule has 4 nitrogen and oxygen atoms in total. The number of Topliss-reactive ketones (excluding diaryl/α,β-unsaturated/α-hetero) is 1. The van der Waals surface area contributed by atoms with Gasteiger partial charge in [-0.25, -0.2) is 4.39 Å². The SMILES string of the molecule is COc1cccc(CC(=O)C2COCCO2)c1F. The van der Waals surface area contributed by atoms with Gasteiger partial charge in [0.05, 0.1) is 26.9 Å². The van der Waals surface area contributed by atoms with E-state index in [1.165, 1.54) is 13.2 Å². The number of rotatable bonds is 4. The highest BCUT2D eigenvalue weighted by Crippen LogP contribution is 2.21. The van der Waals surface area contributed by atoms with Crippen molar-refractivity contribution >= 4 is 5.78 Å². The highest BCUT2D eigenvalue weighted by molar-refractivity contribution is 5.85. The highest BCUT2D eigenvalue weighted by atomic mass is 19.1. The minimum atomic E-state index is -0.593. The molecule has 1 atom stereocenters. The van der Waals surface area contributed by atoms with E-state index in [1.54, 1.807) is 12.1 Å². The predicted molar refractivity (Wildman–Crippen MR) is 62.2 cm³/mol. The zero-order valence-corrected chi connectivity index (χ0v) is 10.1. The number of halogens is 1. The van der Waals surface area contributed by atoms with E-state index < -0.39 is 11.9 Å². The van der Waals surface area contributed by atoms with Gasteiger partial charge in [0.15, 0.2) is 17.3 Å². The van der Waals surface area contributed by atoms with E-state index in [9.17, 15) is 9.18 Å². The van der Waals surface area contributed by atoms with Gasteiger partial charge in [0.25, 0.3) is 0 Å². The molecule has 0 amide bonds. The highest BCUT2D eigenvalue weighted by Gasteiger charge is 2.24. The van der Waals surface area contributed by atoms with Gasteiger partial charge in [0.2, 0.25) is 0 Å². The summed E-state index contributed by atoms with van der Waals surface area (Å²) in [6, 6.07) is 4.74. The summed E-state index contributed by atoms with van der Waals surface area (Å²) in [6.07, 6.45) is -0.610. The summed E-state index contributed by atoms with van der Waals surface area (Å²) in [5, 5.41) is 0. The molecular formula is C13H15FO4. The Balaban J connectivity index is 2.06. The van der Waals surface area contributed by atoms with Crippen LogP contribution in [0.3, 0.4) is 0 Å². The summed E-state index contributed by atoms with van der Waals surface area (Å²) in [6.45, 7) is 1.14. The number of ether oxygens (including phenoxy) is 3. The second-order valence-corrected chi connectivity index (χ2v) is 4.01. The Hall–Kier alpha value is -1.46. The van der Waals surface area contributed by atoms with Gasteiger partial charge in [-0.2, -0.15) is 0 Å². The lowest BCUT2D eigenvalue weighted by Crippen LogP contribution is -2.36. The van der Waals surface area contributed by atoms with Crippen LogP contribution in [0.1, 0.15) is 5.56 Å². The van der Waals surface area contributed by atoms with E-state index in [0.29, 0.717) is 18.8 Å². The second-order valence-electron chi connectivity index (χ2n) is 4.01. The molecule has 1 aliphatic rings. The van der Waals surface area contributed by atoms with Gasteiger partial charge < -0.3 is 14.2 Å². The first-order valence-corrected chi connectivity index (χ1v) is 5.76. The fourth-order valence-corrected chi connectivity index (χ4v) is 1.83. The number of ketones is 1. The zero-order valence-electron chi connectivity index (χ0n) is 10.1. The van der Waals surface area contributed by atoms with Crippen LogP contribution in [0.5, 0.6) is 5.75 Å². The monoisotopic (exact) mass is 254 g/mol. The molecule has 0 aromatic heterocycles. The Labute approximate surface area is 105 Å². The average molecular weight is 254 g/mol. The number of hydrogen-bond donors (Lipinski definition) is 0. The maximum absolute atomic E-state index is 13.9. The van der Waals surface area contributed by atoms with Crippen molar-refractivity contribution in [2.75, 3.05) is 26.9 Å². The summed E-state index contributed by atoms with van der Waals surface area (Å²) < 4.78 is 29.2.